The maximum Gasteiger partial charge on any atom is 0.255 e. The third-order valence-electron chi connectivity index (χ3n) is 3.53. The Morgan fingerprint density at radius 2 is 1.65 bits per heavy atom. The Hall–Kier alpha value is -2.29. The molecule has 2 aromatic rings. The Balaban J connectivity index is 2.06. The van der Waals surface area contributed by atoms with Gasteiger partial charge in [-0.15, -0.1) is 0 Å². The molecule has 0 aliphatic heterocycles. The molecular weight excluding hydrogens is 286 g/mol. The number of rotatable bonds is 6. The number of hydrogen-bond donors (Lipinski definition) is 1. The smallest absolute Gasteiger partial charge is 0.255 e. The third-order valence-corrected chi connectivity index (χ3v) is 3.53. The van der Waals surface area contributed by atoms with E-state index in [1.807, 2.05) is 36.4 Å². The van der Waals surface area contributed by atoms with Gasteiger partial charge in [-0.25, -0.2) is 0 Å². The van der Waals surface area contributed by atoms with E-state index in [4.69, 9.17) is 4.74 Å². The van der Waals surface area contributed by atoms with E-state index in [0.717, 1.165) is 17.0 Å². The number of anilines is 1. The Morgan fingerprint density at radius 1 is 1.00 bits per heavy atom. The van der Waals surface area contributed by atoms with Crippen molar-refractivity contribution in [3.05, 3.63) is 59.7 Å². The number of nitrogens with one attached hydrogen (secondary N) is 1. The van der Waals surface area contributed by atoms with Crippen molar-refractivity contribution in [2.45, 2.75) is 33.6 Å². The van der Waals surface area contributed by atoms with Crippen LogP contribution in [0.5, 0.6) is 5.75 Å². The zero-order valence-electron chi connectivity index (χ0n) is 14.3. The van der Waals surface area contributed by atoms with E-state index in [1.165, 1.54) is 0 Å². The standard InChI is InChI=1S/C20H25NO2/c1-14(2)13-23-17-11-9-16(10-12-17)20(22)21-19-8-6-5-7-18(19)15(3)4/h5-12,14-15H,13H2,1-4H3,(H,21,22). The molecule has 122 valence electrons. The molecule has 0 unspecified atom stereocenters. The normalized spacial score (nSPS) is 10.9. The van der Waals surface area contributed by atoms with E-state index < -0.39 is 0 Å². The van der Waals surface area contributed by atoms with E-state index in [0.29, 0.717) is 24.0 Å². The fourth-order valence-corrected chi connectivity index (χ4v) is 2.27. The van der Waals surface area contributed by atoms with Crippen molar-refractivity contribution in [3.8, 4) is 5.75 Å². The molecule has 0 atom stereocenters. The van der Waals surface area contributed by atoms with Crippen molar-refractivity contribution in [1.82, 2.24) is 0 Å². The minimum Gasteiger partial charge on any atom is -0.493 e. The van der Waals surface area contributed by atoms with Gasteiger partial charge in [-0.3, -0.25) is 4.79 Å². The molecule has 0 saturated heterocycles. The zero-order chi connectivity index (χ0) is 16.8. The van der Waals surface area contributed by atoms with Crippen molar-refractivity contribution >= 4 is 11.6 Å². The molecule has 0 fully saturated rings. The first-order chi connectivity index (χ1) is 11.0. The summed E-state index contributed by atoms with van der Waals surface area (Å²) in [4.78, 5) is 12.4. The lowest BCUT2D eigenvalue weighted by molar-refractivity contribution is 0.102. The van der Waals surface area contributed by atoms with Gasteiger partial charge in [0.05, 0.1) is 6.61 Å². The molecule has 0 aromatic heterocycles. The first-order valence-electron chi connectivity index (χ1n) is 8.10. The topological polar surface area (TPSA) is 38.3 Å². The van der Waals surface area contributed by atoms with Gasteiger partial charge in [-0.05, 0) is 47.7 Å². The van der Waals surface area contributed by atoms with E-state index in [1.54, 1.807) is 12.1 Å². The number of ether oxygens (including phenoxy) is 1. The summed E-state index contributed by atoms with van der Waals surface area (Å²) in [6.07, 6.45) is 0. The van der Waals surface area contributed by atoms with Crippen LogP contribution < -0.4 is 10.1 Å². The second-order valence-corrected chi connectivity index (χ2v) is 6.43. The quantitative estimate of drug-likeness (QED) is 0.806. The second-order valence-electron chi connectivity index (χ2n) is 6.43. The molecule has 0 saturated carbocycles. The Morgan fingerprint density at radius 3 is 2.26 bits per heavy atom. The van der Waals surface area contributed by atoms with Crippen molar-refractivity contribution in [2.75, 3.05) is 11.9 Å². The summed E-state index contributed by atoms with van der Waals surface area (Å²) in [5.74, 6) is 1.52. The zero-order valence-corrected chi connectivity index (χ0v) is 14.3. The van der Waals surface area contributed by atoms with Crippen LogP contribution in [0.25, 0.3) is 0 Å². The molecule has 0 radical (unpaired) electrons. The molecule has 3 nitrogen and oxygen atoms in total. The van der Waals surface area contributed by atoms with Crippen molar-refractivity contribution < 1.29 is 9.53 Å². The summed E-state index contributed by atoms with van der Waals surface area (Å²) in [6, 6.07) is 15.2. The van der Waals surface area contributed by atoms with Gasteiger partial charge in [0.2, 0.25) is 0 Å². The number of carbonyl (C=O) groups is 1. The first-order valence-corrected chi connectivity index (χ1v) is 8.10. The van der Waals surface area contributed by atoms with Crippen LogP contribution in [0, 0.1) is 5.92 Å². The van der Waals surface area contributed by atoms with Gasteiger partial charge in [0.1, 0.15) is 5.75 Å². The number of hydrogen-bond acceptors (Lipinski definition) is 2. The molecule has 3 heteroatoms. The summed E-state index contributed by atoms with van der Waals surface area (Å²) in [7, 11) is 0. The van der Waals surface area contributed by atoms with Gasteiger partial charge in [0, 0.05) is 11.3 Å². The fourth-order valence-electron chi connectivity index (χ4n) is 2.27. The monoisotopic (exact) mass is 311 g/mol. The summed E-state index contributed by atoms with van der Waals surface area (Å²) in [6.45, 7) is 9.12. The average Bonchev–Trinajstić information content (AvgIpc) is 2.53. The number of benzene rings is 2. The lowest BCUT2D eigenvalue weighted by atomic mass is 10.0. The second kappa shape index (κ2) is 7.82. The minimum atomic E-state index is -0.103. The summed E-state index contributed by atoms with van der Waals surface area (Å²) < 4.78 is 5.64. The van der Waals surface area contributed by atoms with E-state index in [9.17, 15) is 4.79 Å². The van der Waals surface area contributed by atoms with Gasteiger partial charge < -0.3 is 10.1 Å². The van der Waals surface area contributed by atoms with Crippen LogP contribution in [0.4, 0.5) is 5.69 Å². The highest BCUT2D eigenvalue weighted by Crippen LogP contribution is 2.24. The van der Waals surface area contributed by atoms with Gasteiger partial charge in [0.15, 0.2) is 0 Å². The highest BCUT2D eigenvalue weighted by Gasteiger charge is 2.11. The molecule has 2 rings (SSSR count). The van der Waals surface area contributed by atoms with Crippen LogP contribution in [0.15, 0.2) is 48.5 Å². The average molecular weight is 311 g/mol. The molecule has 0 aliphatic rings. The summed E-state index contributed by atoms with van der Waals surface area (Å²) in [5, 5.41) is 3.00. The number of para-hydroxylation sites is 1. The van der Waals surface area contributed by atoms with Crippen LogP contribution in [0.1, 0.15) is 49.5 Å². The molecule has 0 spiro atoms. The van der Waals surface area contributed by atoms with Gasteiger partial charge in [-0.1, -0.05) is 45.9 Å². The molecule has 23 heavy (non-hydrogen) atoms. The Bertz CT molecular complexity index is 645. The first kappa shape index (κ1) is 17.1. The van der Waals surface area contributed by atoms with Crippen LogP contribution in [-0.4, -0.2) is 12.5 Å². The van der Waals surface area contributed by atoms with Crippen LogP contribution in [-0.2, 0) is 0 Å². The maximum atomic E-state index is 12.4. The van der Waals surface area contributed by atoms with Crippen molar-refractivity contribution in [3.63, 3.8) is 0 Å². The molecule has 0 aliphatic carbocycles. The van der Waals surface area contributed by atoms with Crippen molar-refractivity contribution in [2.24, 2.45) is 5.92 Å². The molecule has 2 aromatic carbocycles. The van der Waals surface area contributed by atoms with Crippen LogP contribution in [0.2, 0.25) is 0 Å². The summed E-state index contributed by atoms with van der Waals surface area (Å²) in [5.41, 5.74) is 2.63. The Kier molecular flexibility index (Phi) is 5.80. The van der Waals surface area contributed by atoms with Gasteiger partial charge >= 0.3 is 0 Å². The predicted octanol–water partition coefficient (Wildman–Crippen LogP) is 5.10. The van der Waals surface area contributed by atoms with E-state index >= 15 is 0 Å². The highest BCUT2D eigenvalue weighted by molar-refractivity contribution is 6.04. The molecule has 0 bridgehead atoms. The lowest BCUT2D eigenvalue weighted by Gasteiger charge is -2.14. The minimum absolute atomic E-state index is 0.103. The molecule has 1 N–H and O–H groups in total. The lowest BCUT2D eigenvalue weighted by Crippen LogP contribution is -2.13. The third kappa shape index (κ3) is 4.85. The number of carbonyl (C=O) groups excluding carboxylic acids is 1. The molecule has 0 heterocycles. The molecular formula is C20H25NO2. The Labute approximate surface area is 138 Å². The van der Waals surface area contributed by atoms with E-state index in [-0.39, 0.29) is 5.91 Å². The largest absolute Gasteiger partial charge is 0.493 e. The van der Waals surface area contributed by atoms with Crippen LogP contribution in [0.3, 0.4) is 0 Å². The SMILES string of the molecule is CC(C)COc1ccc(C(=O)Nc2ccccc2C(C)C)cc1. The van der Waals surface area contributed by atoms with E-state index in [2.05, 4.69) is 33.0 Å². The maximum absolute atomic E-state index is 12.4. The van der Waals surface area contributed by atoms with Crippen LogP contribution >= 0.6 is 0 Å². The van der Waals surface area contributed by atoms with Gasteiger partial charge in [-0.2, -0.15) is 0 Å². The summed E-state index contributed by atoms with van der Waals surface area (Å²) >= 11 is 0. The molecule has 1 amide bonds. The highest BCUT2D eigenvalue weighted by atomic mass is 16.5. The van der Waals surface area contributed by atoms with Gasteiger partial charge in [0.25, 0.3) is 5.91 Å². The van der Waals surface area contributed by atoms with Crippen molar-refractivity contribution in [1.29, 1.82) is 0 Å². The number of amides is 1. The predicted molar refractivity (Wildman–Crippen MR) is 95.3 cm³/mol. The fraction of sp³-hybridized carbons (Fsp3) is 0.350.